The van der Waals surface area contributed by atoms with Crippen molar-refractivity contribution in [3.63, 3.8) is 0 Å². The molecule has 0 aliphatic rings. The van der Waals surface area contributed by atoms with Gasteiger partial charge < -0.3 is 10.1 Å². The van der Waals surface area contributed by atoms with E-state index in [1.54, 1.807) is 6.26 Å². The number of hydrogen-bond donors (Lipinski definition) is 1. The van der Waals surface area contributed by atoms with Crippen molar-refractivity contribution in [2.24, 2.45) is 0 Å². The zero-order valence-electron chi connectivity index (χ0n) is 10.6. The molecule has 0 spiro atoms. The Morgan fingerprint density at radius 1 is 1.35 bits per heavy atom. The van der Waals surface area contributed by atoms with Gasteiger partial charge in [0.2, 0.25) is 0 Å². The molecule has 3 nitrogen and oxygen atoms in total. The summed E-state index contributed by atoms with van der Waals surface area (Å²) < 4.78 is 16.4. The van der Waals surface area contributed by atoms with Gasteiger partial charge in [-0.1, -0.05) is 18.2 Å². The van der Waals surface area contributed by atoms with Crippen LogP contribution in [-0.4, -0.2) is 29.4 Å². The second kappa shape index (κ2) is 8.25. The summed E-state index contributed by atoms with van der Waals surface area (Å²) in [6.07, 6.45) is 2.68. The largest absolute Gasteiger partial charge is 0.494 e. The van der Waals surface area contributed by atoms with Gasteiger partial charge in [0.1, 0.15) is 5.75 Å². The van der Waals surface area contributed by atoms with Gasteiger partial charge in [-0.05, 0) is 26.0 Å². The van der Waals surface area contributed by atoms with Crippen molar-refractivity contribution in [3.8, 4) is 5.75 Å². The number of hydrogen-bond acceptors (Lipinski definition) is 3. The summed E-state index contributed by atoms with van der Waals surface area (Å²) in [7, 11) is -0.686. The monoisotopic (exact) mass is 255 g/mol. The lowest BCUT2D eigenvalue weighted by molar-refractivity contribution is 0.335. The molecule has 1 unspecified atom stereocenters. The van der Waals surface area contributed by atoms with Gasteiger partial charge >= 0.3 is 0 Å². The summed E-state index contributed by atoms with van der Waals surface area (Å²) in [5.41, 5.74) is 1.17. The molecule has 1 aromatic rings. The Morgan fingerprint density at radius 2 is 2.12 bits per heavy atom. The molecule has 0 aliphatic carbocycles. The predicted octanol–water partition coefficient (Wildman–Crippen LogP) is 1.94. The van der Waals surface area contributed by atoms with Crippen molar-refractivity contribution in [1.29, 1.82) is 0 Å². The summed E-state index contributed by atoms with van der Waals surface area (Å²) in [5, 5.41) is 3.34. The highest BCUT2D eigenvalue weighted by atomic mass is 32.2. The molecule has 0 aliphatic heterocycles. The van der Waals surface area contributed by atoms with Crippen LogP contribution in [0.5, 0.6) is 5.75 Å². The number of rotatable bonds is 8. The Hall–Kier alpha value is -0.870. The number of para-hydroxylation sites is 1. The minimum atomic E-state index is -0.686. The van der Waals surface area contributed by atoms with Crippen LogP contribution in [0.15, 0.2) is 24.3 Å². The summed E-state index contributed by atoms with van der Waals surface area (Å²) in [4.78, 5) is 0. The van der Waals surface area contributed by atoms with Crippen LogP contribution in [0.2, 0.25) is 0 Å². The van der Waals surface area contributed by atoms with Crippen LogP contribution in [0.3, 0.4) is 0 Å². The van der Waals surface area contributed by atoms with Gasteiger partial charge in [0, 0.05) is 34.9 Å². The standard InChI is InChI=1S/C13H21NO2S/c1-3-16-13-8-5-4-7-12(13)11-14-9-6-10-17(2)15/h4-5,7-8,14H,3,6,9-11H2,1-2H3. The highest BCUT2D eigenvalue weighted by molar-refractivity contribution is 7.84. The molecule has 96 valence electrons. The van der Waals surface area contributed by atoms with Crippen LogP contribution in [0, 0.1) is 0 Å². The first-order valence-electron chi connectivity index (χ1n) is 5.95. The van der Waals surface area contributed by atoms with Gasteiger partial charge in [-0.3, -0.25) is 4.21 Å². The van der Waals surface area contributed by atoms with Crippen LogP contribution in [0.4, 0.5) is 0 Å². The van der Waals surface area contributed by atoms with Crippen molar-refractivity contribution in [3.05, 3.63) is 29.8 Å². The molecule has 0 heterocycles. The second-order valence-corrected chi connectivity index (χ2v) is 5.40. The second-order valence-electron chi connectivity index (χ2n) is 3.85. The summed E-state index contributed by atoms with van der Waals surface area (Å²) >= 11 is 0. The van der Waals surface area contributed by atoms with Gasteiger partial charge in [0.15, 0.2) is 0 Å². The molecule has 0 saturated carbocycles. The lowest BCUT2D eigenvalue weighted by atomic mass is 10.2. The zero-order valence-corrected chi connectivity index (χ0v) is 11.4. The molecule has 0 bridgehead atoms. The van der Waals surface area contributed by atoms with Gasteiger partial charge in [-0.2, -0.15) is 0 Å². The lowest BCUT2D eigenvalue weighted by Gasteiger charge is -2.10. The van der Waals surface area contributed by atoms with E-state index >= 15 is 0 Å². The Morgan fingerprint density at radius 3 is 2.82 bits per heavy atom. The molecule has 0 amide bonds. The molecular formula is C13H21NO2S. The van der Waals surface area contributed by atoms with Crippen molar-refractivity contribution >= 4 is 10.8 Å². The summed E-state index contributed by atoms with van der Waals surface area (Å²) in [6, 6.07) is 8.05. The minimum absolute atomic E-state index is 0.686. The van der Waals surface area contributed by atoms with E-state index < -0.39 is 10.8 Å². The van der Waals surface area contributed by atoms with Gasteiger partial charge in [-0.25, -0.2) is 0 Å². The Balaban J connectivity index is 2.33. The smallest absolute Gasteiger partial charge is 0.123 e. The molecule has 1 N–H and O–H groups in total. The molecule has 0 saturated heterocycles. The van der Waals surface area contributed by atoms with Crippen molar-refractivity contribution in [1.82, 2.24) is 5.32 Å². The number of benzene rings is 1. The van der Waals surface area contributed by atoms with Gasteiger partial charge in [0.05, 0.1) is 6.61 Å². The van der Waals surface area contributed by atoms with E-state index in [0.717, 1.165) is 31.0 Å². The molecule has 0 radical (unpaired) electrons. The highest BCUT2D eigenvalue weighted by Gasteiger charge is 2.01. The Kier molecular flexibility index (Phi) is 6.89. The van der Waals surface area contributed by atoms with Crippen LogP contribution < -0.4 is 10.1 Å². The fraction of sp³-hybridized carbons (Fsp3) is 0.538. The first-order valence-corrected chi connectivity index (χ1v) is 7.68. The average Bonchev–Trinajstić information content (AvgIpc) is 2.31. The fourth-order valence-corrected chi connectivity index (χ4v) is 2.12. The molecule has 17 heavy (non-hydrogen) atoms. The van der Waals surface area contributed by atoms with E-state index in [9.17, 15) is 4.21 Å². The zero-order chi connectivity index (χ0) is 12.5. The van der Waals surface area contributed by atoms with Gasteiger partial charge in [0.25, 0.3) is 0 Å². The third kappa shape index (κ3) is 5.84. The predicted molar refractivity (Wildman–Crippen MR) is 72.9 cm³/mol. The number of ether oxygens (including phenoxy) is 1. The van der Waals surface area contributed by atoms with Crippen LogP contribution in [0.1, 0.15) is 18.9 Å². The van der Waals surface area contributed by atoms with Gasteiger partial charge in [-0.15, -0.1) is 0 Å². The minimum Gasteiger partial charge on any atom is -0.494 e. The molecule has 1 aromatic carbocycles. The normalized spacial score (nSPS) is 12.4. The first kappa shape index (κ1) is 14.2. The maximum atomic E-state index is 10.9. The average molecular weight is 255 g/mol. The number of nitrogens with one attached hydrogen (secondary N) is 1. The van der Waals surface area contributed by atoms with Crippen LogP contribution in [0.25, 0.3) is 0 Å². The lowest BCUT2D eigenvalue weighted by Crippen LogP contribution is -2.17. The van der Waals surface area contributed by atoms with E-state index in [1.807, 2.05) is 25.1 Å². The Labute approximate surface area is 106 Å². The van der Waals surface area contributed by atoms with E-state index in [4.69, 9.17) is 4.74 Å². The van der Waals surface area contributed by atoms with Crippen molar-refractivity contribution < 1.29 is 8.95 Å². The molecule has 1 rings (SSSR count). The van der Waals surface area contributed by atoms with Crippen LogP contribution in [-0.2, 0) is 17.3 Å². The maximum Gasteiger partial charge on any atom is 0.123 e. The van der Waals surface area contributed by atoms with Crippen LogP contribution >= 0.6 is 0 Å². The topological polar surface area (TPSA) is 38.3 Å². The molecule has 4 heteroatoms. The van der Waals surface area contributed by atoms with E-state index in [1.165, 1.54) is 5.56 Å². The summed E-state index contributed by atoms with van der Waals surface area (Å²) in [5.74, 6) is 1.71. The third-order valence-electron chi connectivity index (χ3n) is 2.37. The SMILES string of the molecule is CCOc1ccccc1CNCCCS(C)=O. The molecule has 1 atom stereocenters. The van der Waals surface area contributed by atoms with E-state index in [2.05, 4.69) is 11.4 Å². The molecule has 0 fully saturated rings. The highest BCUT2D eigenvalue weighted by Crippen LogP contribution is 2.17. The maximum absolute atomic E-state index is 10.9. The van der Waals surface area contributed by atoms with Crippen molar-refractivity contribution in [2.75, 3.05) is 25.2 Å². The molecule has 0 aromatic heterocycles. The fourth-order valence-electron chi connectivity index (χ4n) is 1.57. The van der Waals surface area contributed by atoms with E-state index in [-0.39, 0.29) is 0 Å². The quantitative estimate of drug-likeness (QED) is 0.722. The summed E-state index contributed by atoms with van der Waals surface area (Å²) in [6.45, 7) is 4.36. The molecular weight excluding hydrogens is 234 g/mol. The third-order valence-corrected chi connectivity index (χ3v) is 3.24. The van der Waals surface area contributed by atoms with Crippen molar-refractivity contribution in [2.45, 2.75) is 19.9 Å². The van der Waals surface area contributed by atoms with E-state index in [0.29, 0.717) is 6.61 Å². The first-order chi connectivity index (χ1) is 8.24. The Bertz CT molecular complexity index is 355.